The predicted molar refractivity (Wildman–Crippen MR) is 142 cm³/mol. The van der Waals surface area contributed by atoms with E-state index in [-0.39, 0.29) is 28.8 Å². The molecule has 1 aliphatic heterocycles. The molecule has 0 bridgehead atoms. The molecule has 1 fully saturated rings. The summed E-state index contributed by atoms with van der Waals surface area (Å²) in [6.07, 6.45) is 0. The number of halogens is 1. The van der Waals surface area contributed by atoms with Crippen molar-refractivity contribution in [1.82, 2.24) is 25.0 Å². The average Bonchev–Trinajstić information content (AvgIpc) is 3.48. The van der Waals surface area contributed by atoms with E-state index in [1.807, 2.05) is 26.8 Å². The van der Waals surface area contributed by atoms with Crippen LogP contribution in [0.5, 0.6) is 0 Å². The number of aromatic nitrogens is 3. The number of H-pyrrole nitrogens is 1. The first kappa shape index (κ1) is 25.6. The van der Waals surface area contributed by atoms with Crippen LogP contribution in [0.15, 0.2) is 46.9 Å². The second kappa shape index (κ2) is 9.08. The SMILES string of the molecule is Cc1cc(C(=O)N2CCN(C(=O)c3cc4nc(-c5ccc(F)cc5)cc(C(C)(C)C)c4o3)C(C)(C)C2)[nH]n1. The molecule has 2 amide bonds. The predicted octanol–water partition coefficient (Wildman–Crippen LogP) is 5.34. The van der Waals surface area contributed by atoms with Crippen molar-refractivity contribution in [2.45, 2.75) is 52.5 Å². The fourth-order valence-electron chi connectivity index (χ4n) is 4.99. The third-order valence-corrected chi connectivity index (χ3v) is 7.01. The van der Waals surface area contributed by atoms with Gasteiger partial charge in [-0.15, -0.1) is 0 Å². The van der Waals surface area contributed by atoms with Crippen molar-refractivity contribution in [2.24, 2.45) is 0 Å². The van der Waals surface area contributed by atoms with Gasteiger partial charge in [-0.25, -0.2) is 9.37 Å². The lowest BCUT2D eigenvalue weighted by Crippen LogP contribution is -2.62. The minimum Gasteiger partial charge on any atom is -0.449 e. The number of nitrogens with one attached hydrogen (secondary N) is 1. The summed E-state index contributed by atoms with van der Waals surface area (Å²) in [7, 11) is 0. The second-order valence-corrected chi connectivity index (χ2v) is 11.6. The van der Waals surface area contributed by atoms with Gasteiger partial charge in [-0.1, -0.05) is 20.8 Å². The van der Waals surface area contributed by atoms with Crippen LogP contribution in [0.3, 0.4) is 0 Å². The Morgan fingerprint density at radius 2 is 1.76 bits per heavy atom. The van der Waals surface area contributed by atoms with Gasteiger partial charge in [0.25, 0.3) is 11.8 Å². The Kier molecular flexibility index (Phi) is 6.12. The van der Waals surface area contributed by atoms with Crippen LogP contribution >= 0.6 is 0 Å². The summed E-state index contributed by atoms with van der Waals surface area (Å²) in [5.41, 5.74) is 3.78. The largest absolute Gasteiger partial charge is 0.449 e. The molecule has 4 aromatic rings. The van der Waals surface area contributed by atoms with Crippen molar-refractivity contribution in [1.29, 1.82) is 0 Å². The van der Waals surface area contributed by atoms with E-state index < -0.39 is 5.54 Å². The van der Waals surface area contributed by atoms with E-state index in [0.29, 0.717) is 42.1 Å². The number of piperazine rings is 1. The summed E-state index contributed by atoms with van der Waals surface area (Å²) in [6.45, 7) is 13.0. The van der Waals surface area contributed by atoms with Crippen molar-refractivity contribution in [2.75, 3.05) is 19.6 Å². The number of pyridine rings is 1. The molecular weight excluding hydrogens is 485 g/mol. The monoisotopic (exact) mass is 517 g/mol. The summed E-state index contributed by atoms with van der Waals surface area (Å²) >= 11 is 0. The van der Waals surface area contributed by atoms with E-state index in [0.717, 1.165) is 16.8 Å². The van der Waals surface area contributed by atoms with Gasteiger partial charge in [0.05, 0.1) is 16.9 Å². The fraction of sp³-hybridized carbons (Fsp3) is 0.379. The molecule has 0 aliphatic carbocycles. The molecule has 9 heteroatoms. The van der Waals surface area contributed by atoms with Crippen LogP contribution in [0, 0.1) is 12.7 Å². The topological polar surface area (TPSA) is 95.3 Å². The third kappa shape index (κ3) is 4.68. The highest BCUT2D eigenvalue weighted by atomic mass is 19.1. The molecule has 1 aliphatic rings. The number of rotatable bonds is 3. The van der Waals surface area contributed by atoms with E-state index in [1.165, 1.54) is 12.1 Å². The Morgan fingerprint density at radius 3 is 2.37 bits per heavy atom. The Labute approximate surface area is 220 Å². The number of fused-ring (bicyclic) bond motifs is 1. The minimum atomic E-state index is -0.626. The first-order chi connectivity index (χ1) is 17.8. The molecule has 1 aromatic carbocycles. The Hall–Kier alpha value is -4.01. The van der Waals surface area contributed by atoms with Gasteiger partial charge in [0.1, 0.15) is 17.0 Å². The highest BCUT2D eigenvalue weighted by Gasteiger charge is 2.40. The summed E-state index contributed by atoms with van der Waals surface area (Å²) < 4.78 is 19.7. The van der Waals surface area contributed by atoms with Crippen LogP contribution < -0.4 is 0 Å². The van der Waals surface area contributed by atoms with Gasteiger partial charge in [0.2, 0.25) is 0 Å². The van der Waals surface area contributed by atoms with Gasteiger partial charge < -0.3 is 14.2 Å². The highest BCUT2D eigenvalue weighted by molar-refractivity contribution is 5.97. The molecule has 4 heterocycles. The van der Waals surface area contributed by atoms with E-state index in [2.05, 4.69) is 31.0 Å². The van der Waals surface area contributed by atoms with Gasteiger partial charge in [-0.05, 0) is 62.6 Å². The van der Waals surface area contributed by atoms with Crippen molar-refractivity contribution in [3.8, 4) is 11.3 Å². The molecule has 1 saturated heterocycles. The molecular formula is C29H32FN5O3. The quantitative estimate of drug-likeness (QED) is 0.396. The smallest absolute Gasteiger partial charge is 0.290 e. The number of nitrogens with zero attached hydrogens (tertiary/aromatic N) is 4. The summed E-state index contributed by atoms with van der Waals surface area (Å²) in [4.78, 5) is 34.9. The Balaban J connectivity index is 1.46. The number of hydrogen-bond donors (Lipinski definition) is 1. The zero-order valence-electron chi connectivity index (χ0n) is 22.6. The zero-order chi connectivity index (χ0) is 27.4. The number of aryl methyl sites for hydroxylation is 1. The fourth-order valence-corrected chi connectivity index (χ4v) is 4.99. The maximum Gasteiger partial charge on any atom is 0.290 e. The number of aromatic amines is 1. The number of carbonyl (C=O) groups is 2. The van der Waals surface area contributed by atoms with Crippen molar-refractivity contribution < 1.29 is 18.4 Å². The Morgan fingerprint density at radius 1 is 1.05 bits per heavy atom. The van der Waals surface area contributed by atoms with Crippen LogP contribution in [-0.2, 0) is 5.41 Å². The lowest BCUT2D eigenvalue weighted by atomic mass is 9.86. The van der Waals surface area contributed by atoms with Crippen LogP contribution in [0.25, 0.3) is 22.4 Å². The minimum absolute atomic E-state index is 0.137. The van der Waals surface area contributed by atoms with Crippen LogP contribution in [0.4, 0.5) is 4.39 Å². The van der Waals surface area contributed by atoms with Gasteiger partial charge in [-0.3, -0.25) is 14.7 Å². The highest BCUT2D eigenvalue weighted by Crippen LogP contribution is 2.35. The standard InChI is InChI=1S/C29H32FN5O3/c1-17-13-23(33-32-17)26(36)34-11-12-35(29(5,6)16-34)27(37)24-15-22-25(38-24)20(28(2,3)4)14-21(31-22)18-7-9-19(30)10-8-18/h7-10,13-15H,11-12,16H2,1-6H3,(H,32,33). The first-order valence-corrected chi connectivity index (χ1v) is 12.7. The number of hydrogen-bond acceptors (Lipinski definition) is 5. The van der Waals surface area contributed by atoms with Crippen LogP contribution in [0.1, 0.15) is 66.9 Å². The van der Waals surface area contributed by atoms with Crippen molar-refractivity contribution in [3.05, 3.63) is 71.0 Å². The maximum absolute atomic E-state index is 13.7. The normalized spacial score (nSPS) is 15.8. The molecule has 0 atom stereocenters. The number of furan rings is 1. The molecule has 0 spiro atoms. The van der Waals surface area contributed by atoms with Gasteiger partial charge in [0, 0.05) is 36.8 Å². The lowest BCUT2D eigenvalue weighted by Gasteiger charge is -2.46. The summed E-state index contributed by atoms with van der Waals surface area (Å²) in [6, 6.07) is 11.5. The average molecular weight is 518 g/mol. The van der Waals surface area contributed by atoms with Crippen molar-refractivity contribution in [3.63, 3.8) is 0 Å². The molecule has 38 heavy (non-hydrogen) atoms. The van der Waals surface area contributed by atoms with Gasteiger partial charge in [0.15, 0.2) is 11.3 Å². The van der Waals surface area contributed by atoms with Crippen LogP contribution in [-0.4, -0.2) is 62.0 Å². The van der Waals surface area contributed by atoms with Crippen molar-refractivity contribution >= 4 is 22.9 Å². The number of amides is 2. The van der Waals surface area contributed by atoms with E-state index in [4.69, 9.17) is 9.40 Å². The molecule has 5 rings (SSSR count). The summed E-state index contributed by atoms with van der Waals surface area (Å²) in [5.74, 6) is -0.500. The van der Waals surface area contributed by atoms with E-state index in [9.17, 15) is 14.0 Å². The molecule has 0 saturated carbocycles. The van der Waals surface area contributed by atoms with E-state index in [1.54, 1.807) is 34.1 Å². The molecule has 0 unspecified atom stereocenters. The van der Waals surface area contributed by atoms with Gasteiger partial charge >= 0.3 is 0 Å². The molecule has 0 radical (unpaired) electrons. The molecule has 198 valence electrons. The molecule has 8 nitrogen and oxygen atoms in total. The lowest BCUT2D eigenvalue weighted by molar-refractivity contribution is 0.0148. The van der Waals surface area contributed by atoms with Crippen LogP contribution in [0.2, 0.25) is 0 Å². The summed E-state index contributed by atoms with van der Waals surface area (Å²) in [5, 5.41) is 6.83. The first-order valence-electron chi connectivity index (χ1n) is 12.7. The number of benzene rings is 1. The third-order valence-electron chi connectivity index (χ3n) is 7.01. The maximum atomic E-state index is 13.7. The van der Waals surface area contributed by atoms with Gasteiger partial charge in [-0.2, -0.15) is 5.10 Å². The molecule has 3 aromatic heterocycles. The number of carbonyl (C=O) groups excluding carboxylic acids is 2. The van der Waals surface area contributed by atoms with E-state index >= 15 is 0 Å². The molecule has 1 N–H and O–H groups in total. The second-order valence-electron chi connectivity index (χ2n) is 11.6. The Bertz CT molecular complexity index is 1530. The zero-order valence-corrected chi connectivity index (χ0v) is 22.6.